The van der Waals surface area contributed by atoms with Gasteiger partial charge in [-0.3, -0.25) is 16.0 Å². The predicted molar refractivity (Wildman–Crippen MR) is 80.2 cm³/mol. The van der Waals surface area contributed by atoms with E-state index in [2.05, 4.69) is 43.1 Å². The SMILES string of the molecule is CCC(CC)n1ccc(CC(NN)C2COC(C)C2)n1. The van der Waals surface area contributed by atoms with Crippen LogP contribution in [-0.4, -0.2) is 28.5 Å². The molecule has 0 bridgehead atoms. The second-order valence-corrected chi connectivity index (χ2v) is 5.87. The highest BCUT2D eigenvalue weighted by molar-refractivity contribution is 5.03. The van der Waals surface area contributed by atoms with Crippen molar-refractivity contribution < 1.29 is 4.74 Å². The number of rotatable bonds is 7. The molecule has 1 aliphatic rings. The Labute approximate surface area is 121 Å². The lowest BCUT2D eigenvalue weighted by atomic mass is 9.94. The quantitative estimate of drug-likeness (QED) is 0.592. The van der Waals surface area contributed by atoms with Gasteiger partial charge >= 0.3 is 0 Å². The third kappa shape index (κ3) is 3.59. The molecule has 5 heteroatoms. The Balaban J connectivity index is 1.97. The summed E-state index contributed by atoms with van der Waals surface area (Å²) in [4.78, 5) is 0. The number of nitrogens with two attached hydrogens (primary N) is 1. The summed E-state index contributed by atoms with van der Waals surface area (Å²) in [7, 11) is 0. The maximum atomic E-state index is 5.72. The maximum absolute atomic E-state index is 5.72. The highest BCUT2D eigenvalue weighted by atomic mass is 16.5. The number of hydrogen-bond acceptors (Lipinski definition) is 4. The molecule has 1 aromatic heterocycles. The summed E-state index contributed by atoms with van der Waals surface area (Å²) < 4.78 is 7.74. The average Bonchev–Trinajstić information content (AvgIpc) is 3.07. The molecule has 3 N–H and O–H groups in total. The summed E-state index contributed by atoms with van der Waals surface area (Å²) in [6.07, 6.45) is 6.60. The number of hydrazine groups is 1. The summed E-state index contributed by atoms with van der Waals surface area (Å²) in [5.74, 6) is 6.20. The molecule has 1 saturated heterocycles. The van der Waals surface area contributed by atoms with Crippen LogP contribution in [-0.2, 0) is 11.2 Å². The molecular weight excluding hydrogens is 252 g/mol. The van der Waals surface area contributed by atoms with E-state index in [-0.39, 0.29) is 6.04 Å². The molecule has 0 aliphatic carbocycles. The highest BCUT2D eigenvalue weighted by Gasteiger charge is 2.29. The van der Waals surface area contributed by atoms with E-state index in [0.29, 0.717) is 18.1 Å². The summed E-state index contributed by atoms with van der Waals surface area (Å²) in [5, 5.41) is 4.71. The molecular formula is C15H28N4O. The van der Waals surface area contributed by atoms with Crippen molar-refractivity contribution in [1.82, 2.24) is 15.2 Å². The molecule has 3 atom stereocenters. The molecule has 1 aromatic rings. The molecule has 0 aromatic carbocycles. The van der Waals surface area contributed by atoms with Crippen molar-refractivity contribution >= 4 is 0 Å². The van der Waals surface area contributed by atoms with Gasteiger partial charge in [-0.1, -0.05) is 13.8 Å². The Morgan fingerprint density at radius 3 is 2.80 bits per heavy atom. The van der Waals surface area contributed by atoms with E-state index in [1.54, 1.807) is 0 Å². The number of nitrogens with zero attached hydrogens (tertiary/aromatic N) is 2. The first-order valence-corrected chi connectivity index (χ1v) is 7.79. The third-order valence-electron chi connectivity index (χ3n) is 4.42. The zero-order valence-electron chi connectivity index (χ0n) is 12.9. The van der Waals surface area contributed by atoms with Crippen LogP contribution in [0.15, 0.2) is 12.3 Å². The average molecular weight is 280 g/mol. The minimum atomic E-state index is 0.241. The molecule has 0 amide bonds. The van der Waals surface area contributed by atoms with Gasteiger partial charge < -0.3 is 4.74 Å². The van der Waals surface area contributed by atoms with Gasteiger partial charge in [-0.15, -0.1) is 0 Å². The third-order valence-corrected chi connectivity index (χ3v) is 4.42. The lowest BCUT2D eigenvalue weighted by Crippen LogP contribution is -2.43. The van der Waals surface area contributed by atoms with Crippen LogP contribution in [0.25, 0.3) is 0 Å². The van der Waals surface area contributed by atoms with E-state index >= 15 is 0 Å². The van der Waals surface area contributed by atoms with Crippen LogP contribution in [0.1, 0.15) is 51.8 Å². The van der Waals surface area contributed by atoms with Gasteiger partial charge in [-0.2, -0.15) is 5.10 Å². The first kappa shape index (κ1) is 15.5. The van der Waals surface area contributed by atoms with E-state index < -0.39 is 0 Å². The van der Waals surface area contributed by atoms with E-state index in [9.17, 15) is 0 Å². The van der Waals surface area contributed by atoms with Gasteiger partial charge in [0.15, 0.2) is 0 Å². The van der Waals surface area contributed by atoms with Crippen molar-refractivity contribution in [2.75, 3.05) is 6.61 Å². The van der Waals surface area contributed by atoms with E-state index in [4.69, 9.17) is 15.7 Å². The molecule has 1 aliphatic heterocycles. The maximum Gasteiger partial charge on any atom is 0.0640 e. The fourth-order valence-corrected chi connectivity index (χ4v) is 3.07. The van der Waals surface area contributed by atoms with Crippen molar-refractivity contribution in [1.29, 1.82) is 0 Å². The van der Waals surface area contributed by atoms with Crippen LogP contribution in [0, 0.1) is 5.92 Å². The Morgan fingerprint density at radius 2 is 2.25 bits per heavy atom. The fraction of sp³-hybridized carbons (Fsp3) is 0.800. The van der Waals surface area contributed by atoms with Gasteiger partial charge in [0.25, 0.3) is 0 Å². The van der Waals surface area contributed by atoms with Crippen LogP contribution in [0.4, 0.5) is 0 Å². The molecule has 0 spiro atoms. The number of nitrogens with one attached hydrogen (secondary N) is 1. The standard InChI is InChI=1S/C15H28N4O/c1-4-14(5-2)19-7-6-13(18-19)9-15(17-16)12-8-11(3)20-10-12/h6-7,11-12,14-15,17H,4-5,8-10,16H2,1-3H3. The van der Waals surface area contributed by atoms with Crippen molar-refractivity contribution in [2.24, 2.45) is 11.8 Å². The van der Waals surface area contributed by atoms with Crippen molar-refractivity contribution in [3.05, 3.63) is 18.0 Å². The summed E-state index contributed by atoms with van der Waals surface area (Å²) in [5.41, 5.74) is 4.06. The zero-order valence-corrected chi connectivity index (χ0v) is 12.9. The van der Waals surface area contributed by atoms with Gasteiger partial charge in [-0.05, 0) is 32.3 Å². The first-order valence-electron chi connectivity index (χ1n) is 7.79. The van der Waals surface area contributed by atoms with Gasteiger partial charge in [0.1, 0.15) is 0 Å². The Morgan fingerprint density at radius 1 is 1.50 bits per heavy atom. The minimum absolute atomic E-state index is 0.241. The normalized spacial score (nSPS) is 24.4. The molecule has 1 fully saturated rings. The second kappa shape index (κ2) is 7.20. The largest absolute Gasteiger partial charge is 0.378 e. The molecule has 2 rings (SSSR count). The monoisotopic (exact) mass is 280 g/mol. The van der Waals surface area contributed by atoms with Crippen molar-refractivity contribution in [3.8, 4) is 0 Å². The van der Waals surface area contributed by atoms with Gasteiger partial charge in [0.05, 0.1) is 24.4 Å². The molecule has 0 radical (unpaired) electrons. The van der Waals surface area contributed by atoms with E-state index in [1.165, 1.54) is 0 Å². The molecule has 20 heavy (non-hydrogen) atoms. The van der Waals surface area contributed by atoms with Crippen LogP contribution in [0.5, 0.6) is 0 Å². The smallest absolute Gasteiger partial charge is 0.0640 e. The van der Waals surface area contributed by atoms with Gasteiger partial charge in [0.2, 0.25) is 0 Å². The van der Waals surface area contributed by atoms with E-state index in [0.717, 1.165) is 38.0 Å². The topological polar surface area (TPSA) is 65.1 Å². The van der Waals surface area contributed by atoms with Gasteiger partial charge in [-0.25, -0.2) is 0 Å². The molecule has 3 unspecified atom stereocenters. The predicted octanol–water partition coefficient (Wildman–Crippen LogP) is 2.04. The lowest BCUT2D eigenvalue weighted by Gasteiger charge is -2.20. The highest BCUT2D eigenvalue weighted by Crippen LogP contribution is 2.24. The summed E-state index contributed by atoms with van der Waals surface area (Å²) in [6.45, 7) is 7.33. The van der Waals surface area contributed by atoms with Crippen LogP contribution < -0.4 is 11.3 Å². The molecule has 2 heterocycles. The van der Waals surface area contributed by atoms with Crippen molar-refractivity contribution in [2.45, 2.75) is 64.6 Å². The lowest BCUT2D eigenvalue weighted by molar-refractivity contribution is 0.116. The first-order chi connectivity index (χ1) is 9.67. The molecule has 5 nitrogen and oxygen atoms in total. The number of hydrogen-bond donors (Lipinski definition) is 2. The Hall–Kier alpha value is -0.910. The van der Waals surface area contributed by atoms with Gasteiger partial charge in [0, 0.05) is 24.6 Å². The summed E-state index contributed by atoms with van der Waals surface area (Å²) in [6, 6.07) is 2.86. The van der Waals surface area contributed by atoms with Crippen LogP contribution in [0.2, 0.25) is 0 Å². The minimum Gasteiger partial charge on any atom is -0.378 e. The summed E-state index contributed by atoms with van der Waals surface area (Å²) >= 11 is 0. The Bertz CT molecular complexity index is 402. The van der Waals surface area contributed by atoms with Crippen molar-refractivity contribution in [3.63, 3.8) is 0 Å². The van der Waals surface area contributed by atoms with Crippen LogP contribution >= 0.6 is 0 Å². The number of ether oxygens (including phenoxy) is 1. The second-order valence-electron chi connectivity index (χ2n) is 5.87. The molecule has 0 saturated carbocycles. The van der Waals surface area contributed by atoms with Crippen LogP contribution in [0.3, 0.4) is 0 Å². The molecule has 114 valence electrons. The fourth-order valence-electron chi connectivity index (χ4n) is 3.07. The Kier molecular flexibility index (Phi) is 5.57. The number of aromatic nitrogens is 2. The van der Waals surface area contributed by atoms with E-state index in [1.807, 2.05) is 0 Å². The zero-order chi connectivity index (χ0) is 14.5.